The van der Waals surface area contributed by atoms with Gasteiger partial charge in [-0.1, -0.05) is 0 Å². The molecule has 0 radical (unpaired) electrons. The van der Waals surface area contributed by atoms with Crippen LogP contribution in [0.5, 0.6) is 0 Å². The molecule has 6 heteroatoms. The van der Waals surface area contributed by atoms with Crippen molar-refractivity contribution >= 4 is 5.91 Å². The van der Waals surface area contributed by atoms with Crippen molar-refractivity contribution in [3.8, 4) is 5.82 Å². The number of hydrogen-bond donors (Lipinski definition) is 1. The van der Waals surface area contributed by atoms with Gasteiger partial charge in [-0.05, 0) is 57.8 Å². The first-order chi connectivity index (χ1) is 11.7. The van der Waals surface area contributed by atoms with Crippen LogP contribution in [0.4, 0.5) is 0 Å². The number of aromatic nitrogens is 3. The molecule has 0 unspecified atom stereocenters. The van der Waals surface area contributed by atoms with Gasteiger partial charge in [-0.3, -0.25) is 9.36 Å². The fourth-order valence-corrected chi connectivity index (χ4v) is 3.49. The van der Waals surface area contributed by atoms with E-state index in [9.17, 15) is 4.79 Å². The fourth-order valence-electron chi connectivity index (χ4n) is 3.49. The molecule has 0 aromatic carbocycles. The Morgan fingerprint density at radius 1 is 1.17 bits per heavy atom. The molecular formula is C18H23N5O. The van der Waals surface area contributed by atoms with Crippen molar-refractivity contribution in [2.45, 2.75) is 44.7 Å². The lowest BCUT2D eigenvalue weighted by atomic mass is 10.0. The molecule has 2 aliphatic rings. The maximum absolute atomic E-state index is 13.0. The predicted octanol–water partition coefficient (Wildman–Crippen LogP) is 1.93. The van der Waals surface area contributed by atoms with Crippen molar-refractivity contribution in [3.05, 3.63) is 42.1 Å². The standard InChI is InChI=1S/C18H23N5O/c1-13-20-10-11-22(13)17-5-2-14(12-21-17)18(24)23(15-3-4-15)16-6-8-19-9-7-16/h2,5,10-12,15-16,19H,3-4,6-9H2,1H3. The van der Waals surface area contributed by atoms with E-state index in [-0.39, 0.29) is 5.91 Å². The number of imidazole rings is 1. The summed E-state index contributed by atoms with van der Waals surface area (Å²) >= 11 is 0. The minimum absolute atomic E-state index is 0.130. The molecule has 126 valence electrons. The molecule has 2 aromatic rings. The average molecular weight is 325 g/mol. The van der Waals surface area contributed by atoms with Gasteiger partial charge in [0.1, 0.15) is 11.6 Å². The van der Waals surface area contributed by atoms with Crippen molar-refractivity contribution in [2.24, 2.45) is 0 Å². The first-order valence-corrected chi connectivity index (χ1v) is 8.74. The van der Waals surface area contributed by atoms with Gasteiger partial charge in [-0.2, -0.15) is 0 Å². The zero-order chi connectivity index (χ0) is 16.5. The quantitative estimate of drug-likeness (QED) is 0.933. The summed E-state index contributed by atoms with van der Waals surface area (Å²) in [5, 5.41) is 3.38. The van der Waals surface area contributed by atoms with E-state index in [1.165, 1.54) is 0 Å². The summed E-state index contributed by atoms with van der Waals surface area (Å²) < 4.78 is 1.92. The lowest BCUT2D eigenvalue weighted by Crippen LogP contribution is -2.47. The van der Waals surface area contributed by atoms with Gasteiger partial charge in [0.15, 0.2) is 0 Å². The SMILES string of the molecule is Cc1nccn1-c1ccc(C(=O)N(C2CCNCC2)C2CC2)cn1. The zero-order valence-electron chi connectivity index (χ0n) is 14.0. The first kappa shape index (κ1) is 15.3. The second kappa shape index (κ2) is 6.36. The topological polar surface area (TPSA) is 63.1 Å². The molecule has 6 nitrogen and oxygen atoms in total. The molecule has 0 spiro atoms. The van der Waals surface area contributed by atoms with Gasteiger partial charge < -0.3 is 10.2 Å². The maximum atomic E-state index is 13.0. The van der Waals surface area contributed by atoms with Gasteiger partial charge in [-0.15, -0.1) is 0 Å². The highest BCUT2D eigenvalue weighted by atomic mass is 16.2. The number of carbonyl (C=O) groups is 1. The van der Waals surface area contributed by atoms with Crippen LogP contribution < -0.4 is 5.32 Å². The highest BCUT2D eigenvalue weighted by Gasteiger charge is 2.38. The number of aryl methyl sites for hydroxylation is 1. The Hall–Kier alpha value is -2.21. The Bertz CT molecular complexity index is 713. The molecule has 2 aromatic heterocycles. The van der Waals surface area contributed by atoms with Crippen LogP contribution in [0.25, 0.3) is 5.82 Å². The molecule has 3 heterocycles. The molecule has 1 saturated heterocycles. The molecule has 2 fully saturated rings. The third-order valence-corrected chi connectivity index (χ3v) is 4.94. The predicted molar refractivity (Wildman–Crippen MR) is 91.2 cm³/mol. The molecule has 4 rings (SSSR count). The number of amides is 1. The number of carbonyl (C=O) groups excluding carboxylic acids is 1. The number of hydrogen-bond acceptors (Lipinski definition) is 4. The van der Waals surface area contributed by atoms with Crippen molar-refractivity contribution in [3.63, 3.8) is 0 Å². The van der Waals surface area contributed by atoms with Gasteiger partial charge >= 0.3 is 0 Å². The Morgan fingerprint density at radius 3 is 2.50 bits per heavy atom. The largest absolute Gasteiger partial charge is 0.333 e. The van der Waals surface area contributed by atoms with Gasteiger partial charge in [0.25, 0.3) is 5.91 Å². The van der Waals surface area contributed by atoms with Crippen LogP contribution in [0.1, 0.15) is 41.9 Å². The van der Waals surface area contributed by atoms with Crippen LogP contribution in [0, 0.1) is 6.92 Å². The maximum Gasteiger partial charge on any atom is 0.255 e. The lowest BCUT2D eigenvalue weighted by Gasteiger charge is -2.35. The fraction of sp³-hybridized carbons (Fsp3) is 0.500. The molecule has 1 saturated carbocycles. The molecular weight excluding hydrogens is 302 g/mol. The summed E-state index contributed by atoms with van der Waals surface area (Å²) in [5.41, 5.74) is 0.682. The molecule has 1 aliphatic heterocycles. The van der Waals surface area contributed by atoms with Crippen molar-refractivity contribution in [1.29, 1.82) is 0 Å². The van der Waals surface area contributed by atoms with Crippen LogP contribution in [0.2, 0.25) is 0 Å². The normalized spacial score (nSPS) is 18.5. The minimum atomic E-state index is 0.130. The van der Waals surface area contributed by atoms with Crippen molar-refractivity contribution in [2.75, 3.05) is 13.1 Å². The van der Waals surface area contributed by atoms with Crippen molar-refractivity contribution in [1.82, 2.24) is 24.8 Å². The van der Waals surface area contributed by atoms with E-state index in [2.05, 4.69) is 20.2 Å². The van der Waals surface area contributed by atoms with Gasteiger partial charge in [-0.25, -0.2) is 9.97 Å². The second-order valence-corrected chi connectivity index (χ2v) is 6.67. The summed E-state index contributed by atoms with van der Waals surface area (Å²) in [6, 6.07) is 4.58. The Kier molecular flexibility index (Phi) is 4.06. The minimum Gasteiger partial charge on any atom is -0.333 e. The van der Waals surface area contributed by atoms with E-state index in [1.807, 2.05) is 29.8 Å². The highest BCUT2D eigenvalue weighted by Crippen LogP contribution is 2.32. The summed E-state index contributed by atoms with van der Waals surface area (Å²) in [6.07, 6.45) is 9.69. The summed E-state index contributed by atoms with van der Waals surface area (Å²) in [5.74, 6) is 1.81. The van der Waals surface area contributed by atoms with Crippen LogP contribution in [-0.4, -0.2) is 50.5 Å². The number of pyridine rings is 1. The zero-order valence-corrected chi connectivity index (χ0v) is 14.0. The molecule has 1 N–H and O–H groups in total. The summed E-state index contributed by atoms with van der Waals surface area (Å²) in [4.78, 5) is 23.8. The third kappa shape index (κ3) is 2.94. The number of nitrogens with zero attached hydrogens (tertiary/aromatic N) is 4. The van der Waals surface area contributed by atoms with E-state index in [0.717, 1.165) is 50.4 Å². The Morgan fingerprint density at radius 2 is 1.92 bits per heavy atom. The Balaban J connectivity index is 1.55. The highest BCUT2D eigenvalue weighted by molar-refractivity contribution is 5.94. The Labute approximate surface area is 141 Å². The van der Waals surface area contributed by atoms with Gasteiger partial charge in [0.05, 0.1) is 5.56 Å². The average Bonchev–Trinajstić information content (AvgIpc) is 3.36. The van der Waals surface area contributed by atoms with Gasteiger partial charge in [0.2, 0.25) is 0 Å². The van der Waals surface area contributed by atoms with E-state index < -0.39 is 0 Å². The number of rotatable bonds is 4. The van der Waals surface area contributed by atoms with E-state index >= 15 is 0 Å². The van der Waals surface area contributed by atoms with Gasteiger partial charge in [0, 0.05) is 30.7 Å². The smallest absolute Gasteiger partial charge is 0.255 e. The summed E-state index contributed by atoms with van der Waals surface area (Å²) in [7, 11) is 0. The number of nitrogens with one attached hydrogen (secondary N) is 1. The molecule has 1 amide bonds. The molecule has 0 bridgehead atoms. The van der Waals surface area contributed by atoms with Crippen LogP contribution in [-0.2, 0) is 0 Å². The van der Waals surface area contributed by atoms with Crippen LogP contribution in [0.15, 0.2) is 30.7 Å². The van der Waals surface area contributed by atoms with Crippen LogP contribution >= 0.6 is 0 Å². The van der Waals surface area contributed by atoms with Crippen LogP contribution in [0.3, 0.4) is 0 Å². The molecule has 0 atom stereocenters. The van der Waals surface area contributed by atoms with Crippen molar-refractivity contribution < 1.29 is 4.79 Å². The number of piperidine rings is 1. The molecule has 24 heavy (non-hydrogen) atoms. The first-order valence-electron chi connectivity index (χ1n) is 8.74. The third-order valence-electron chi connectivity index (χ3n) is 4.94. The summed E-state index contributed by atoms with van der Waals surface area (Å²) in [6.45, 7) is 3.93. The van der Waals surface area contributed by atoms with E-state index in [1.54, 1.807) is 12.4 Å². The monoisotopic (exact) mass is 325 g/mol. The molecule has 1 aliphatic carbocycles. The van der Waals surface area contributed by atoms with E-state index in [0.29, 0.717) is 17.6 Å². The second-order valence-electron chi connectivity index (χ2n) is 6.67. The van der Waals surface area contributed by atoms with E-state index in [4.69, 9.17) is 0 Å². The lowest BCUT2D eigenvalue weighted by molar-refractivity contribution is 0.0622.